The van der Waals surface area contributed by atoms with Crippen LogP contribution in [-0.4, -0.2) is 37.8 Å². The quantitative estimate of drug-likeness (QED) is 0.725. The topological polar surface area (TPSA) is 46.6 Å². The first-order chi connectivity index (χ1) is 9.25. The lowest BCUT2D eigenvalue weighted by Gasteiger charge is -2.33. The van der Waals surface area contributed by atoms with Gasteiger partial charge in [-0.1, -0.05) is 6.92 Å². The second-order valence-corrected chi connectivity index (χ2v) is 7.49. The highest BCUT2D eigenvalue weighted by Gasteiger charge is 2.32. The molecule has 114 valence electrons. The predicted octanol–water partition coefficient (Wildman–Crippen LogP) is 3.11. The molecule has 0 unspecified atom stereocenters. The molecule has 0 saturated carbocycles. The van der Waals surface area contributed by atoms with E-state index in [0.717, 1.165) is 6.42 Å². The highest BCUT2D eigenvalue weighted by atomic mass is 35.5. The minimum atomic E-state index is -3.49. The van der Waals surface area contributed by atoms with Crippen molar-refractivity contribution in [3.05, 3.63) is 24.3 Å². The van der Waals surface area contributed by atoms with Crippen molar-refractivity contribution in [2.24, 2.45) is 0 Å². The zero-order valence-electron chi connectivity index (χ0n) is 12.4. The van der Waals surface area contributed by atoms with Crippen molar-refractivity contribution in [1.82, 2.24) is 4.31 Å². The van der Waals surface area contributed by atoms with Gasteiger partial charge in [0.1, 0.15) is 12.4 Å². The number of rotatable bonds is 7. The van der Waals surface area contributed by atoms with E-state index in [0.29, 0.717) is 18.2 Å². The maximum Gasteiger partial charge on any atom is 0.243 e. The summed E-state index contributed by atoms with van der Waals surface area (Å²) in [6, 6.07) is 6.40. The van der Waals surface area contributed by atoms with Gasteiger partial charge in [-0.15, -0.1) is 11.6 Å². The molecule has 0 aliphatic carbocycles. The Morgan fingerprint density at radius 2 is 1.80 bits per heavy atom. The first-order valence-electron chi connectivity index (χ1n) is 6.53. The summed E-state index contributed by atoms with van der Waals surface area (Å²) in [6.07, 6.45) is 0.736. The normalized spacial score (nSPS) is 12.7. The van der Waals surface area contributed by atoms with E-state index in [1.54, 1.807) is 31.3 Å². The van der Waals surface area contributed by atoms with Crippen molar-refractivity contribution in [1.29, 1.82) is 0 Å². The van der Waals surface area contributed by atoms with Crippen molar-refractivity contribution in [3.8, 4) is 5.75 Å². The van der Waals surface area contributed by atoms with Gasteiger partial charge in [-0.3, -0.25) is 0 Å². The van der Waals surface area contributed by atoms with Crippen molar-refractivity contribution < 1.29 is 13.2 Å². The molecule has 0 aromatic heterocycles. The van der Waals surface area contributed by atoms with E-state index in [1.807, 2.05) is 20.8 Å². The van der Waals surface area contributed by atoms with Gasteiger partial charge >= 0.3 is 0 Å². The summed E-state index contributed by atoms with van der Waals surface area (Å²) in [4.78, 5) is 0.264. The fraction of sp³-hybridized carbons (Fsp3) is 0.571. The van der Waals surface area contributed by atoms with Gasteiger partial charge < -0.3 is 4.74 Å². The van der Waals surface area contributed by atoms with Crippen molar-refractivity contribution in [2.45, 2.75) is 37.6 Å². The molecule has 4 nitrogen and oxygen atoms in total. The van der Waals surface area contributed by atoms with E-state index in [1.165, 1.54) is 4.31 Å². The minimum absolute atomic E-state index is 0.264. The molecule has 0 N–H and O–H groups in total. The number of hydrogen-bond donors (Lipinski definition) is 0. The fourth-order valence-electron chi connectivity index (χ4n) is 1.57. The summed E-state index contributed by atoms with van der Waals surface area (Å²) in [6.45, 7) is 6.18. The number of benzene rings is 1. The summed E-state index contributed by atoms with van der Waals surface area (Å²) in [5.74, 6) is 1.01. The van der Waals surface area contributed by atoms with Crippen LogP contribution in [0.25, 0.3) is 0 Å². The van der Waals surface area contributed by atoms with E-state index >= 15 is 0 Å². The van der Waals surface area contributed by atoms with E-state index in [9.17, 15) is 8.42 Å². The van der Waals surface area contributed by atoms with Gasteiger partial charge in [0.25, 0.3) is 0 Å². The average Bonchev–Trinajstić information content (AvgIpc) is 2.44. The molecule has 0 amide bonds. The zero-order chi connectivity index (χ0) is 15.4. The molecule has 0 bridgehead atoms. The predicted molar refractivity (Wildman–Crippen MR) is 82.0 cm³/mol. The summed E-state index contributed by atoms with van der Waals surface area (Å²) in [7, 11) is -1.89. The molecule has 1 aromatic carbocycles. The number of sulfonamides is 1. The van der Waals surface area contributed by atoms with Crippen molar-refractivity contribution in [2.75, 3.05) is 19.5 Å². The lowest BCUT2D eigenvalue weighted by molar-refractivity contribution is 0.257. The first-order valence-corrected chi connectivity index (χ1v) is 8.51. The van der Waals surface area contributed by atoms with Crippen LogP contribution in [0.5, 0.6) is 5.75 Å². The van der Waals surface area contributed by atoms with Gasteiger partial charge in [0.15, 0.2) is 0 Å². The highest BCUT2D eigenvalue weighted by molar-refractivity contribution is 7.89. The molecule has 1 aromatic rings. The van der Waals surface area contributed by atoms with Crippen LogP contribution in [0.4, 0.5) is 0 Å². The van der Waals surface area contributed by atoms with Crippen molar-refractivity contribution in [3.63, 3.8) is 0 Å². The number of ether oxygens (including phenoxy) is 1. The average molecular weight is 320 g/mol. The smallest absolute Gasteiger partial charge is 0.243 e. The van der Waals surface area contributed by atoms with Crippen molar-refractivity contribution >= 4 is 21.6 Å². The highest BCUT2D eigenvalue weighted by Crippen LogP contribution is 2.26. The molecule has 0 spiro atoms. The number of hydrogen-bond acceptors (Lipinski definition) is 3. The molecule has 0 saturated heterocycles. The van der Waals surface area contributed by atoms with E-state index in [4.69, 9.17) is 16.3 Å². The molecule has 20 heavy (non-hydrogen) atoms. The number of alkyl halides is 1. The Bertz CT molecular complexity index is 526. The minimum Gasteiger partial charge on any atom is -0.492 e. The third kappa shape index (κ3) is 3.87. The monoisotopic (exact) mass is 319 g/mol. The van der Waals surface area contributed by atoms with Gasteiger partial charge in [0.2, 0.25) is 10.0 Å². The van der Waals surface area contributed by atoms with Crippen LogP contribution >= 0.6 is 11.6 Å². The number of nitrogens with zero attached hydrogens (tertiary/aromatic N) is 1. The van der Waals surface area contributed by atoms with Gasteiger partial charge in [0, 0.05) is 12.6 Å². The summed E-state index contributed by atoms with van der Waals surface area (Å²) >= 11 is 5.54. The Balaban J connectivity index is 2.99. The molecule has 0 radical (unpaired) electrons. The zero-order valence-corrected chi connectivity index (χ0v) is 14.0. The largest absolute Gasteiger partial charge is 0.492 e. The van der Waals surface area contributed by atoms with Gasteiger partial charge in [-0.05, 0) is 44.5 Å². The maximum atomic E-state index is 12.5. The van der Waals surface area contributed by atoms with Gasteiger partial charge in [-0.25, -0.2) is 8.42 Å². The molecule has 6 heteroatoms. The molecule has 0 atom stereocenters. The summed E-state index contributed by atoms with van der Waals surface area (Å²) in [5.41, 5.74) is -0.424. The molecular formula is C14H22ClNO3S. The Kier molecular flexibility index (Phi) is 5.86. The second kappa shape index (κ2) is 6.78. The lowest BCUT2D eigenvalue weighted by Crippen LogP contribution is -2.44. The standard InChI is InChI=1S/C14H22ClNO3S/c1-5-14(2,3)16(4)20(17,18)13-8-6-12(7-9-13)19-11-10-15/h6-9H,5,10-11H2,1-4H3. The second-order valence-electron chi connectivity index (χ2n) is 5.15. The molecule has 0 heterocycles. The van der Waals surface area contributed by atoms with Crippen LogP contribution in [0.15, 0.2) is 29.2 Å². The van der Waals surface area contributed by atoms with Crippen LogP contribution in [0.2, 0.25) is 0 Å². The Morgan fingerprint density at radius 1 is 1.25 bits per heavy atom. The fourth-order valence-corrected chi connectivity index (χ4v) is 3.22. The van der Waals surface area contributed by atoms with E-state index in [-0.39, 0.29) is 4.90 Å². The summed E-state index contributed by atoms with van der Waals surface area (Å²) < 4.78 is 31.8. The van der Waals surface area contributed by atoms with Gasteiger partial charge in [-0.2, -0.15) is 4.31 Å². The molecule has 0 fully saturated rings. The third-order valence-corrected chi connectivity index (χ3v) is 5.78. The molecular weight excluding hydrogens is 298 g/mol. The molecule has 0 aliphatic rings. The first kappa shape index (κ1) is 17.3. The molecule has 0 aliphatic heterocycles. The Morgan fingerprint density at radius 3 is 2.25 bits per heavy atom. The van der Waals surface area contributed by atoms with E-state index in [2.05, 4.69) is 0 Å². The molecule has 1 rings (SSSR count). The van der Waals surface area contributed by atoms with E-state index < -0.39 is 15.6 Å². The van der Waals surface area contributed by atoms with Crippen LogP contribution < -0.4 is 4.74 Å². The van der Waals surface area contributed by atoms with Gasteiger partial charge in [0.05, 0.1) is 10.8 Å². The SMILES string of the molecule is CCC(C)(C)N(C)S(=O)(=O)c1ccc(OCCCl)cc1. The summed E-state index contributed by atoms with van der Waals surface area (Å²) in [5, 5.41) is 0. The van der Waals surface area contributed by atoms with Crippen LogP contribution in [-0.2, 0) is 10.0 Å². The van der Waals surface area contributed by atoms with Crippen LogP contribution in [0.3, 0.4) is 0 Å². The van der Waals surface area contributed by atoms with Crippen LogP contribution in [0.1, 0.15) is 27.2 Å². The number of halogens is 1. The Hall–Kier alpha value is -0.780. The Labute approximate surface area is 126 Å². The third-order valence-electron chi connectivity index (χ3n) is 3.55. The maximum absolute atomic E-state index is 12.5. The van der Waals surface area contributed by atoms with Crippen LogP contribution in [0, 0.1) is 0 Å². The lowest BCUT2D eigenvalue weighted by atomic mass is 10.0.